The summed E-state index contributed by atoms with van der Waals surface area (Å²) in [6, 6.07) is 22.3. The molecule has 0 aliphatic carbocycles. The molecule has 3 aromatic carbocycles. The summed E-state index contributed by atoms with van der Waals surface area (Å²) in [6.07, 6.45) is 0.850. The van der Waals surface area contributed by atoms with E-state index in [1.807, 2.05) is 55.5 Å². The van der Waals surface area contributed by atoms with Crippen molar-refractivity contribution in [1.29, 1.82) is 0 Å². The molecule has 0 atom stereocenters. The first-order valence-corrected chi connectivity index (χ1v) is 13.1. The van der Waals surface area contributed by atoms with Crippen molar-refractivity contribution in [2.45, 2.75) is 31.7 Å². The molecule has 0 radical (unpaired) electrons. The number of carbonyl (C=O) groups is 1. The van der Waals surface area contributed by atoms with Gasteiger partial charge in [0.15, 0.2) is 0 Å². The van der Waals surface area contributed by atoms with E-state index in [9.17, 15) is 13.2 Å². The van der Waals surface area contributed by atoms with Crippen molar-refractivity contribution >= 4 is 21.6 Å². The van der Waals surface area contributed by atoms with Gasteiger partial charge in [0.1, 0.15) is 0 Å². The number of rotatable bonds is 7. The van der Waals surface area contributed by atoms with Crippen molar-refractivity contribution in [2.24, 2.45) is 0 Å². The molecule has 178 valence electrons. The SMILES string of the molecule is CCc1cccc(C)c1NC(=O)c1cccc(CN2CCN(S(=O)(=O)c3ccccc3)CC2)c1. The second-order valence-electron chi connectivity index (χ2n) is 8.61. The average molecular weight is 478 g/mol. The van der Waals surface area contributed by atoms with Crippen LogP contribution in [0.3, 0.4) is 0 Å². The number of carbonyl (C=O) groups excluding carboxylic acids is 1. The fourth-order valence-electron chi connectivity index (χ4n) is 4.33. The van der Waals surface area contributed by atoms with Gasteiger partial charge in [0, 0.05) is 44.0 Å². The summed E-state index contributed by atoms with van der Waals surface area (Å²) in [5, 5.41) is 3.09. The van der Waals surface area contributed by atoms with E-state index < -0.39 is 10.0 Å². The Morgan fingerprint density at radius 1 is 0.912 bits per heavy atom. The van der Waals surface area contributed by atoms with Gasteiger partial charge in [0.2, 0.25) is 10.0 Å². The number of nitrogens with zero attached hydrogens (tertiary/aromatic N) is 2. The van der Waals surface area contributed by atoms with Gasteiger partial charge in [-0.15, -0.1) is 0 Å². The van der Waals surface area contributed by atoms with E-state index in [4.69, 9.17) is 0 Å². The van der Waals surface area contributed by atoms with Crippen molar-refractivity contribution < 1.29 is 13.2 Å². The molecule has 0 aromatic heterocycles. The van der Waals surface area contributed by atoms with Crippen LogP contribution in [0.1, 0.15) is 34.0 Å². The number of amides is 1. The molecule has 3 aromatic rings. The van der Waals surface area contributed by atoms with Crippen LogP contribution in [-0.2, 0) is 23.0 Å². The van der Waals surface area contributed by atoms with Crippen molar-refractivity contribution in [3.63, 3.8) is 0 Å². The summed E-state index contributed by atoms with van der Waals surface area (Å²) >= 11 is 0. The molecule has 6 nitrogen and oxygen atoms in total. The monoisotopic (exact) mass is 477 g/mol. The fraction of sp³-hybridized carbons (Fsp3) is 0.296. The highest BCUT2D eigenvalue weighted by molar-refractivity contribution is 7.89. The van der Waals surface area contributed by atoms with Crippen LogP contribution in [-0.4, -0.2) is 49.7 Å². The Bertz CT molecular complexity index is 1250. The van der Waals surface area contributed by atoms with Crippen molar-refractivity contribution in [3.05, 3.63) is 95.1 Å². The van der Waals surface area contributed by atoms with Gasteiger partial charge < -0.3 is 5.32 Å². The zero-order valence-electron chi connectivity index (χ0n) is 19.7. The van der Waals surface area contributed by atoms with Gasteiger partial charge in [-0.1, -0.05) is 55.5 Å². The van der Waals surface area contributed by atoms with Crippen molar-refractivity contribution in [3.8, 4) is 0 Å². The number of aryl methyl sites for hydroxylation is 2. The number of piperazine rings is 1. The third kappa shape index (κ3) is 5.38. The predicted octanol–water partition coefficient (Wildman–Crippen LogP) is 4.32. The minimum Gasteiger partial charge on any atom is -0.321 e. The van der Waals surface area contributed by atoms with Crippen LogP contribution >= 0.6 is 0 Å². The molecule has 1 heterocycles. The lowest BCUT2D eigenvalue weighted by molar-refractivity contribution is 0.102. The second kappa shape index (κ2) is 10.5. The fourth-order valence-corrected chi connectivity index (χ4v) is 5.77. The lowest BCUT2D eigenvalue weighted by Crippen LogP contribution is -2.48. The lowest BCUT2D eigenvalue weighted by Gasteiger charge is -2.34. The zero-order chi connectivity index (χ0) is 24.1. The number of para-hydroxylation sites is 1. The standard InChI is InChI=1S/C27H31N3O3S/c1-3-23-11-7-9-21(2)26(23)28-27(31)24-12-8-10-22(19-24)20-29-15-17-30(18-16-29)34(32,33)25-13-5-4-6-14-25/h4-14,19H,3,15-18,20H2,1-2H3,(H,28,31). The molecule has 1 saturated heterocycles. The molecule has 0 spiro atoms. The average Bonchev–Trinajstić information content (AvgIpc) is 2.86. The third-order valence-electron chi connectivity index (χ3n) is 6.29. The van der Waals surface area contributed by atoms with Crippen LogP contribution in [0, 0.1) is 6.92 Å². The molecule has 34 heavy (non-hydrogen) atoms. The summed E-state index contributed by atoms with van der Waals surface area (Å²) < 4.78 is 27.3. The molecule has 4 rings (SSSR count). The molecule has 7 heteroatoms. The molecular weight excluding hydrogens is 446 g/mol. The second-order valence-corrected chi connectivity index (χ2v) is 10.5. The Morgan fingerprint density at radius 2 is 1.62 bits per heavy atom. The molecule has 0 bridgehead atoms. The number of sulfonamides is 1. The van der Waals surface area contributed by atoms with Crippen molar-refractivity contribution in [1.82, 2.24) is 9.21 Å². The van der Waals surface area contributed by atoms with Crippen LogP contribution in [0.15, 0.2) is 77.7 Å². The Balaban J connectivity index is 1.39. The first-order chi connectivity index (χ1) is 16.4. The van der Waals surface area contributed by atoms with Gasteiger partial charge in [-0.2, -0.15) is 4.31 Å². The van der Waals surface area contributed by atoms with Crippen molar-refractivity contribution in [2.75, 3.05) is 31.5 Å². The van der Waals surface area contributed by atoms with E-state index in [1.54, 1.807) is 28.6 Å². The number of nitrogens with one attached hydrogen (secondary N) is 1. The lowest BCUT2D eigenvalue weighted by atomic mass is 10.0. The number of hydrogen-bond acceptors (Lipinski definition) is 4. The van der Waals surface area contributed by atoms with Gasteiger partial charge >= 0.3 is 0 Å². The van der Waals surface area contributed by atoms with Gasteiger partial charge in [-0.25, -0.2) is 8.42 Å². The van der Waals surface area contributed by atoms with E-state index >= 15 is 0 Å². The molecule has 1 aliphatic heterocycles. The van der Waals surface area contributed by atoms with E-state index in [0.717, 1.165) is 28.8 Å². The maximum absolute atomic E-state index is 13.0. The molecule has 0 saturated carbocycles. The van der Waals surface area contributed by atoms with Gasteiger partial charge in [0.05, 0.1) is 4.90 Å². The van der Waals surface area contributed by atoms with E-state index in [2.05, 4.69) is 17.1 Å². The Labute approximate surface area is 202 Å². The molecule has 1 fully saturated rings. The van der Waals surface area contributed by atoms with Gasteiger partial charge in [0.25, 0.3) is 5.91 Å². The van der Waals surface area contributed by atoms with Gasteiger partial charge in [-0.3, -0.25) is 9.69 Å². The van der Waals surface area contributed by atoms with Crippen LogP contribution in [0.2, 0.25) is 0 Å². The molecule has 0 unspecified atom stereocenters. The summed E-state index contributed by atoms with van der Waals surface area (Å²) in [6.45, 7) is 6.94. The normalized spacial score (nSPS) is 15.2. The summed E-state index contributed by atoms with van der Waals surface area (Å²) in [5.74, 6) is -0.121. The highest BCUT2D eigenvalue weighted by Gasteiger charge is 2.28. The Hall–Kier alpha value is -3.00. The quantitative estimate of drug-likeness (QED) is 0.550. The van der Waals surface area contributed by atoms with E-state index in [1.165, 1.54) is 0 Å². The molecule has 1 N–H and O–H groups in total. The molecular formula is C27H31N3O3S. The van der Waals surface area contributed by atoms with Crippen LogP contribution < -0.4 is 5.32 Å². The van der Waals surface area contributed by atoms with E-state index in [-0.39, 0.29) is 5.91 Å². The van der Waals surface area contributed by atoms with E-state index in [0.29, 0.717) is 43.2 Å². The maximum Gasteiger partial charge on any atom is 0.255 e. The third-order valence-corrected chi connectivity index (χ3v) is 8.20. The topological polar surface area (TPSA) is 69.7 Å². The molecule has 1 aliphatic rings. The summed E-state index contributed by atoms with van der Waals surface area (Å²) in [5.41, 5.74) is 4.71. The highest BCUT2D eigenvalue weighted by Crippen LogP contribution is 2.23. The smallest absolute Gasteiger partial charge is 0.255 e. The minimum atomic E-state index is -3.46. The summed E-state index contributed by atoms with van der Waals surface area (Å²) in [7, 11) is -3.46. The zero-order valence-corrected chi connectivity index (χ0v) is 20.5. The first-order valence-electron chi connectivity index (χ1n) is 11.6. The van der Waals surface area contributed by atoms with Crippen LogP contribution in [0.4, 0.5) is 5.69 Å². The van der Waals surface area contributed by atoms with Crippen LogP contribution in [0.25, 0.3) is 0 Å². The maximum atomic E-state index is 13.0. The minimum absolute atomic E-state index is 0.121. The highest BCUT2D eigenvalue weighted by atomic mass is 32.2. The van der Waals surface area contributed by atoms with Crippen LogP contribution in [0.5, 0.6) is 0 Å². The largest absolute Gasteiger partial charge is 0.321 e. The summed E-state index contributed by atoms with van der Waals surface area (Å²) in [4.78, 5) is 15.5. The van der Waals surface area contributed by atoms with Gasteiger partial charge in [-0.05, 0) is 54.3 Å². The molecule has 1 amide bonds. The number of anilines is 1. The first kappa shape index (κ1) is 24.1. The number of hydrogen-bond donors (Lipinski definition) is 1. The Kier molecular flexibility index (Phi) is 7.46. The predicted molar refractivity (Wildman–Crippen MR) is 135 cm³/mol. The Morgan fingerprint density at radius 3 is 2.32 bits per heavy atom. The number of benzene rings is 3.